The lowest BCUT2D eigenvalue weighted by Crippen LogP contribution is -2.22. The molecule has 0 heterocycles. The van der Waals surface area contributed by atoms with E-state index in [1.807, 2.05) is 0 Å². The molecule has 0 spiro atoms. The summed E-state index contributed by atoms with van der Waals surface area (Å²) in [4.78, 5) is 11.2. The molecule has 0 aliphatic carbocycles. The van der Waals surface area contributed by atoms with Crippen LogP contribution in [0.5, 0.6) is 0 Å². The van der Waals surface area contributed by atoms with Gasteiger partial charge in [0.25, 0.3) is 0 Å². The van der Waals surface area contributed by atoms with E-state index in [0.29, 0.717) is 6.42 Å². The summed E-state index contributed by atoms with van der Waals surface area (Å²) in [6.45, 7) is 3.47. The first-order chi connectivity index (χ1) is 7.88. The van der Waals surface area contributed by atoms with Crippen LogP contribution in [-0.4, -0.2) is 20.0 Å². The molecule has 1 aromatic carbocycles. The van der Waals surface area contributed by atoms with E-state index in [9.17, 15) is 17.6 Å². The lowest BCUT2D eigenvalue weighted by molar-refractivity contribution is -0.119. The first-order valence-electron chi connectivity index (χ1n) is 5.38. The zero-order valence-corrected chi connectivity index (χ0v) is 10.6. The molecule has 0 bridgehead atoms. The maximum absolute atomic E-state index is 13.3. The molecule has 1 atom stereocenters. The van der Waals surface area contributed by atoms with Gasteiger partial charge in [0.1, 0.15) is 16.5 Å². The van der Waals surface area contributed by atoms with Crippen molar-refractivity contribution in [3.05, 3.63) is 30.1 Å². The Kier molecular flexibility index (Phi) is 4.40. The van der Waals surface area contributed by atoms with Crippen LogP contribution in [0.4, 0.5) is 4.39 Å². The van der Waals surface area contributed by atoms with Crippen molar-refractivity contribution in [3.8, 4) is 0 Å². The fourth-order valence-electron chi connectivity index (χ4n) is 1.33. The van der Waals surface area contributed by atoms with E-state index in [1.165, 1.54) is 18.2 Å². The van der Waals surface area contributed by atoms with Gasteiger partial charge in [-0.1, -0.05) is 26.0 Å². The Balaban J connectivity index is 2.98. The number of hydrogen-bond donors (Lipinski definition) is 0. The molecule has 5 heteroatoms. The van der Waals surface area contributed by atoms with Crippen LogP contribution in [0.15, 0.2) is 29.2 Å². The van der Waals surface area contributed by atoms with Crippen LogP contribution in [-0.2, 0) is 14.6 Å². The van der Waals surface area contributed by atoms with Gasteiger partial charge in [0.2, 0.25) is 0 Å². The van der Waals surface area contributed by atoms with Crippen molar-refractivity contribution < 1.29 is 17.6 Å². The molecule has 0 N–H and O–H groups in total. The lowest BCUT2D eigenvalue weighted by Gasteiger charge is -2.08. The Morgan fingerprint density at radius 3 is 2.47 bits per heavy atom. The largest absolute Gasteiger partial charge is 0.298 e. The second kappa shape index (κ2) is 5.40. The second-order valence-corrected chi connectivity index (χ2v) is 5.92. The molecular formula is C12H15FO3S. The van der Waals surface area contributed by atoms with E-state index in [-0.39, 0.29) is 11.7 Å². The number of carbonyl (C=O) groups excluding carboxylic acids is 1. The van der Waals surface area contributed by atoms with Gasteiger partial charge in [0.05, 0.1) is 0 Å². The molecule has 0 aliphatic heterocycles. The summed E-state index contributed by atoms with van der Waals surface area (Å²) in [6.07, 6.45) is 0.575. The molecule has 0 aliphatic rings. The monoisotopic (exact) mass is 258 g/mol. The highest BCUT2D eigenvalue weighted by molar-refractivity contribution is 7.92. The van der Waals surface area contributed by atoms with Gasteiger partial charge >= 0.3 is 0 Å². The van der Waals surface area contributed by atoms with Gasteiger partial charge in [-0.2, -0.15) is 0 Å². The molecule has 1 unspecified atom stereocenters. The third-order valence-corrected chi connectivity index (χ3v) is 4.33. The average Bonchev–Trinajstić information content (AvgIpc) is 2.27. The predicted molar refractivity (Wildman–Crippen MR) is 62.9 cm³/mol. The zero-order chi connectivity index (χ0) is 13.1. The van der Waals surface area contributed by atoms with Crippen molar-refractivity contribution in [1.29, 1.82) is 0 Å². The van der Waals surface area contributed by atoms with Gasteiger partial charge in [0, 0.05) is 5.92 Å². The minimum Gasteiger partial charge on any atom is -0.298 e. The molecular weight excluding hydrogens is 243 g/mol. The van der Waals surface area contributed by atoms with Gasteiger partial charge in [0.15, 0.2) is 15.6 Å². The first kappa shape index (κ1) is 13.8. The highest BCUT2D eigenvalue weighted by atomic mass is 32.2. The maximum Gasteiger partial charge on any atom is 0.188 e. The molecule has 0 fully saturated rings. The van der Waals surface area contributed by atoms with Gasteiger partial charge in [-0.3, -0.25) is 4.79 Å². The fourth-order valence-corrected chi connectivity index (χ4v) is 2.80. The van der Waals surface area contributed by atoms with E-state index < -0.39 is 26.3 Å². The fraction of sp³-hybridized carbons (Fsp3) is 0.417. The number of rotatable bonds is 5. The number of carbonyl (C=O) groups is 1. The first-order valence-corrected chi connectivity index (χ1v) is 7.03. The Morgan fingerprint density at radius 2 is 1.94 bits per heavy atom. The summed E-state index contributed by atoms with van der Waals surface area (Å²) in [5, 5.41) is 0. The number of hydrogen-bond acceptors (Lipinski definition) is 3. The number of Topliss-reactive ketones (excluding diaryl/α,β-unsaturated/α-hetero) is 1. The van der Waals surface area contributed by atoms with Gasteiger partial charge in [-0.15, -0.1) is 0 Å². The molecule has 17 heavy (non-hydrogen) atoms. The van der Waals surface area contributed by atoms with E-state index >= 15 is 0 Å². The molecule has 94 valence electrons. The van der Waals surface area contributed by atoms with Gasteiger partial charge in [-0.05, 0) is 18.6 Å². The number of halogens is 1. The normalized spacial score (nSPS) is 13.4. The Bertz CT molecular complexity index is 508. The molecule has 0 aromatic heterocycles. The van der Waals surface area contributed by atoms with Gasteiger partial charge in [-0.25, -0.2) is 12.8 Å². The molecule has 0 saturated heterocycles. The van der Waals surface area contributed by atoms with Crippen LogP contribution >= 0.6 is 0 Å². The summed E-state index contributed by atoms with van der Waals surface area (Å²) in [5.41, 5.74) is 0. The highest BCUT2D eigenvalue weighted by Crippen LogP contribution is 2.17. The van der Waals surface area contributed by atoms with Crippen molar-refractivity contribution >= 4 is 15.6 Å². The average molecular weight is 258 g/mol. The van der Waals surface area contributed by atoms with Crippen molar-refractivity contribution in [2.75, 3.05) is 5.75 Å². The van der Waals surface area contributed by atoms with Crippen LogP contribution in [0.2, 0.25) is 0 Å². The van der Waals surface area contributed by atoms with Crippen molar-refractivity contribution in [1.82, 2.24) is 0 Å². The molecule has 0 radical (unpaired) electrons. The number of ketones is 1. The van der Waals surface area contributed by atoms with Crippen LogP contribution in [0.25, 0.3) is 0 Å². The van der Waals surface area contributed by atoms with E-state index in [0.717, 1.165) is 6.07 Å². The minimum absolute atomic E-state index is 0.323. The number of sulfone groups is 1. The molecule has 0 amide bonds. The van der Waals surface area contributed by atoms with E-state index in [4.69, 9.17) is 0 Å². The summed E-state index contributed by atoms with van der Waals surface area (Å²) in [7, 11) is -3.87. The van der Waals surface area contributed by atoms with Crippen LogP contribution in [0.1, 0.15) is 20.3 Å². The molecule has 3 nitrogen and oxygen atoms in total. The van der Waals surface area contributed by atoms with Crippen molar-refractivity contribution in [2.45, 2.75) is 25.2 Å². The molecule has 1 aromatic rings. The van der Waals surface area contributed by atoms with Crippen LogP contribution < -0.4 is 0 Å². The summed E-state index contributed by atoms with van der Waals surface area (Å²) < 4.78 is 37.0. The third-order valence-electron chi connectivity index (χ3n) is 2.67. The minimum atomic E-state index is -3.87. The Labute approximate surface area is 101 Å². The van der Waals surface area contributed by atoms with Crippen LogP contribution in [0, 0.1) is 11.7 Å². The highest BCUT2D eigenvalue weighted by Gasteiger charge is 2.24. The van der Waals surface area contributed by atoms with Crippen molar-refractivity contribution in [3.63, 3.8) is 0 Å². The zero-order valence-electron chi connectivity index (χ0n) is 9.81. The number of benzene rings is 1. The summed E-state index contributed by atoms with van der Waals surface area (Å²) in [6, 6.07) is 5.09. The van der Waals surface area contributed by atoms with Crippen molar-refractivity contribution in [2.24, 2.45) is 5.92 Å². The lowest BCUT2D eigenvalue weighted by atomic mass is 10.1. The summed E-state index contributed by atoms with van der Waals surface area (Å²) in [5.74, 6) is -2.15. The smallest absolute Gasteiger partial charge is 0.188 e. The predicted octanol–water partition coefficient (Wildman–Crippen LogP) is 2.21. The van der Waals surface area contributed by atoms with Gasteiger partial charge < -0.3 is 0 Å². The third kappa shape index (κ3) is 3.36. The van der Waals surface area contributed by atoms with E-state index in [2.05, 4.69) is 0 Å². The maximum atomic E-state index is 13.3. The Morgan fingerprint density at radius 1 is 1.35 bits per heavy atom. The summed E-state index contributed by atoms with van der Waals surface area (Å²) >= 11 is 0. The quantitative estimate of drug-likeness (QED) is 0.813. The molecule has 1 rings (SSSR count). The second-order valence-electron chi connectivity index (χ2n) is 3.97. The van der Waals surface area contributed by atoms with Crippen LogP contribution in [0.3, 0.4) is 0 Å². The van der Waals surface area contributed by atoms with E-state index in [1.54, 1.807) is 13.8 Å². The topological polar surface area (TPSA) is 51.2 Å². The molecule has 0 saturated carbocycles. The standard InChI is InChI=1S/C12H15FO3S/c1-3-9(2)11(14)8-17(15,16)12-7-5-4-6-10(12)13/h4-7,9H,3,8H2,1-2H3. The SMILES string of the molecule is CCC(C)C(=O)CS(=O)(=O)c1ccccc1F. The Hall–Kier alpha value is -1.23.